The molecule has 0 saturated carbocycles. The van der Waals surface area contributed by atoms with Crippen molar-refractivity contribution >= 4 is 34.1 Å². The minimum Gasteiger partial charge on any atom is -0.465 e. The molecule has 0 atom stereocenters. The molecule has 2 heterocycles. The van der Waals surface area contributed by atoms with Crippen LogP contribution in [0.4, 0.5) is 5.00 Å². The van der Waals surface area contributed by atoms with Crippen LogP contribution in [-0.2, 0) is 4.74 Å². The minimum atomic E-state index is -0.745. The van der Waals surface area contributed by atoms with Crippen molar-refractivity contribution in [3.05, 3.63) is 39.8 Å². The minimum absolute atomic E-state index is 0.0829. The van der Waals surface area contributed by atoms with Gasteiger partial charge in [0.1, 0.15) is 9.88 Å². The second-order valence-corrected chi connectivity index (χ2v) is 6.16. The molecule has 0 aliphatic carbocycles. The number of carbonyl (C=O) groups is 3. The van der Waals surface area contributed by atoms with E-state index in [-0.39, 0.29) is 22.2 Å². The number of fused-ring (bicyclic) bond motifs is 1. The Balaban J connectivity index is 1.93. The third-order valence-electron chi connectivity index (χ3n) is 3.63. The number of carbonyl (C=O) groups excluding carboxylic acids is 3. The average molecular weight is 362 g/mol. The van der Waals surface area contributed by atoms with E-state index < -0.39 is 17.8 Å². The van der Waals surface area contributed by atoms with Crippen LogP contribution < -0.4 is 20.5 Å². The molecule has 1 aromatic carbocycles. The Bertz CT molecular complexity index is 889. The lowest BCUT2D eigenvalue weighted by atomic mass is 10.1. The van der Waals surface area contributed by atoms with Gasteiger partial charge in [-0.3, -0.25) is 9.59 Å². The summed E-state index contributed by atoms with van der Waals surface area (Å²) in [5, 5.41) is 2.80. The summed E-state index contributed by atoms with van der Waals surface area (Å²) >= 11 is 0.932. The van der Waals surface area contributed by atoms with Gasteiger partial charge in [0.15, 0.2) is 11.5 Å². The SMILES string of the molecule is COC(=O)c1sc(NC(=O)c2ccc3c(c2)OCO3)c(C(N)=O)c1C. The maximum Gasteiger partial charge on any atom is 0.348 e. The van der Waals surface area contributed by atoms with Crippen molar-refractivity contribution in [2.45, 2.75) is 6.92 Å². The number of hydrogen-bond acceptors (Lipinski definition) is 7. The maximum absolute atomic E-state index is 12.5. The fourth-order valence-electron chi connectivity index (χ4n) is 2.40. The first kappa shape index (κ1) is 16.8. The quantitative estimate of drug-likeness (QED) is 0.803. The Morgan fingerprint density at radius 2 is 1.96 bits per heavy atom. The molecule has 0 radical (unpaired) electrons. The van der Waals surface area contributed by atoms with E-state index in [9.17, 15) is 14.4 Å². The first-order chi connectivity index (χ1) is 11.9. The molecule has 1 aliphatic heterocycles. The highest BCUT2D eigenvalue weighted by molar-refractivity contribution is 7.18. The van der Waals surface area contributed by atoms with Gasteiger partial charge in [0.05, 0.1) is 12.7 Å². The van der Waals surface area contributed by atoms with Gasteiger partial charge in [-0.15, -0.1) is 11.3 Å². The molecular weight excluding hydrogens is 348 g/mol. The molecule has 2 aromatic rings. The predicted octanol–water partition coefficient (Wildman–Crippen LogP) is 1.92. The zero-order valence-corrected chi connectivity index (χ0v) is 14.2. The van der Waals surface area contributed by atoms with Crippen LogP contribution in [0.3, 0.4) is 0 Å². The number of ether oxygens (including phenoxy) is 3. The molecule has 3 rings (SSSR count). The standard InChI is InChI=1S/C16H14N2O6S/c1-7-11(13(17)19)15(25-12(7)16(21)22-2)18-14(20)8-3-4-9-10(5-8)24-6-23-9/h3-5H,6H2,1-2H3,(H2,17,19)(H,18,20). The summed E-state index contributed by atoms with van der Waals surface area (Å²) in [6, 6.07) is 4.71. The molecule has 0 saturated heterocycles. The van der Waals surface area contributed by atoms with Crippen LogP contribution in [0.15, 0.2) is 18.2 Å². The molecule has 0 spiro atoms. The van der Waals surface area contributed by atoms with Gasteiger partial charge >= 0.3 is 5.97 Å². The first-order valence-electron chi connectivity index (χ1n) is 7.15. The largest absolute Gasteiger partial charge is 0.465 e. The van der Waals surface area contributed by atoms with E-state index in [0.717, 1.165) is 11.3 Å². The molecule has 0 fully saturated rings. The zero-order valence-electron chi connectivity index (χ0n) is 13.4. The van der Waals surface area contributed by atoms with Crippen LogP contribution in [-0.4, -0.2) is 31.7 Å². The maximum atomic E-state index is 12.5. The highest BCUT2D eigenvalue weighted by Crippen LogP contribution is 2.35. The molecular formula is C16H14N2O6S. The topological polar surface area (TPSA) is 117 Å². The van der Waals surface area contributed by atoms with Gasteiger partial charge in [0.2, 0.25) is 6.79 Å². The highest BCUT2D eigenvalue weighted by Gasteiger charge is 2.25. The van der Waals surface area contributed by atoms with Crippen LogP contribution in [0.2, 0.25) is 0 Å². The van der Waals surface area contributed by atoms with Crippen molar-refractivity contribution in [3.8, 4) is 11.5 Å². The van der Waals surface area contributed by atoms with E-state index in [1.807, 2.05) is 0 Å². The molecule has 2 amide bonds. The van der Waals surface area contributed by atoms with Crippen molar-refractivity contribution in [2.75, 3.05) is 19.2 Å². The normalized spacial score (nSPS) is 11.9. The second-order valence-electron chi connectivity index (χ2n) is 5.14. The highest BCUT2D eigenvalue weighted by atomic mass is 32.1. The molecule has 3 N–H and O–H groups in total. The van der Waals surface area contributed by atoms with Gasteiger partial charge in [0.25, 0.3) is 11.8 Å². The van der Waals surface area contributed by atoms with Crippen LogP contribution >= 0.6 is 11.3 Å². The van der Waals surface area contributed by atoms with Crippen molar-refractivity contribution < 1.29 is 28.6 Å². The Morgan fingerprint density at radius 1 is 1.24 bits per heavy atom. The number of primary amides is 1. The molecule has 1 aliphatic rings. The Morgan fingerprint density at radius 3 is 2.64 bits per heavy atom. The smallest absolute Gasteiger partial charge is 0.348 e. The fourth-order valence-corrected chi connectivity index (χ4v) is 3.52. The number of benzene rings is 1. The van der Waals surface area contributed by atoms with Gasteiger partial charge in [-0.05, 0) is 30.7 Å². The van der Waals surface area contributed by atoms with E-state index in [2.05, 4.69) is 10.1 Å². The molecule has 25 heavy (non-hydrogen) atoms. The third kappa shape index (κ3) is 3.01. The summed E-state index contributed by atoms with van der Waals surface area (Å²) in [5.41, 5.74) is 6.15. The predicted molar refractivity (Wildman–Crippen MR) is 89.4 cm³/mol. The van der Waals surface area contributed by atoms with Gasteiger partial charge in [0, 0.05) is 5.56 Å². The summed E-state index contributed by atoms with van der Waals surface area (Å²) < 4.78 is 15.1. The Labute approximate surface area is 146 Å². The van der Waals surface area contributed by atoms with Crippen molar-refractivity contribution in [2.24, 2.45) is 5.73 Å². The Kier molecular flexibility index (Phi) is 4.32. The molecule has 8 nitrogen and oxygen atoms in total. The summed E-state index contributed by atoms with van der Waals surface area (Å²) in [5.74, 6) is -0.813. The van der Waals surface area contributed by atoms with Crippen molar-refractivity contribution in [1.29, 1.82) is 0 Å². The van der Waals surface area contributed by atoms with Crippen LogP contribution in [0.1, 0.15) is 36.0 Å². The van der Waals surface area contributed by atoms with E-state index in [1.54, 1.807) is 19.1 Å². The number of thiophene rings is 1. The van der Waals surface area contributed by atoms with E-state index in [0.29, 0.717) is 22.6 Å². The number of methoxy groups -OCH3 is 1. The van der Waals surface area contributed by atoms with Gasteiger partial charge in [-0.1, -0.05) is 0 Å². The Hall–Kier alpha value is -3.07. The fraction of sp³-hybridized carbons (Fsp3) is 0.188. The van der Waals surface area contributed by atoms with Crippen molar-refractivity contribution in [1.82, 2.24) is 0 Å². The van der Waals surface area contributed by atoms with Crippen LogP contribution in [0.5, 0.6) is 11.5 Å². The van der Waals surface area contributed by atoms with Crippen molar-refractivity contribution in [3.63, 3.8) is 0 Å². The molecule has 0 bridgehead atoms. The number of amides is 2. The zero-order chi connectivity index (χ0) is 18.1. The molecule has 130 valence electrons. The molecule has 1 aromatic heterocycles. The number of anilines is 1. The van der Waals surface area contributed by atoms with Gasteiger partial charge < -0.3 is 25.3 Å². The molecule has 9 heteroatoms. The third-order valence-corrected chi connectivity index (χ3v) is 4.81. The summed E-state index contributed by atoms with van der Waals surface area (Å²) in [6.45, 7) is 1.66. The van der Waals surface area contributed by atoms with Gasteiger partial charge in [-0.25, -0.2) is 4.79 Å². The number of esters is 1. The van der Waals surface area contributed by atoms with Crippen LogP contribution in [0.25, 0.3) is 0 Å². The number of nitrogens with two attached hydrogens (primary N) is 1. The average Bonchev–Trinajstić information content (AvgIpc) is 3.17. The van der Waals surface area contributed by atoms with E-state index >= 15 is 0 Å². The summed E-state index contributed by atoms with van der Waals surface area (Å²) in [7, 11) is 1.23. The first-order valence-corrected chi connectivity index (χ1v) is 7.96. The summed E-state index contributed by atoms with van der Waals surface area (Å²) in [4.78, 5) is 36.2. The number of nitrogens with one attached hydrogen (secondary N) is 1. The lowest BCUT2D eigenvalue weighted by Crippen LogP contribution is -2.17. The van der Waals surface area contributed by atoms with Gasteiger partial charge in [-0.2, -0.15) is 0 Å². The van der Waals surface area contributed by atoms with E-state index in [1.165, 1.54) is 13.2 Å². The monoisotopic (exact) mass is 362 g/mol. The number of hydrogen-bond donors (Lipinski definition) is 2. The van der Waals surface area contributed by atoms with E-state index in [4.69, 9.17) is 15.2 Å². The molecule has 0 unspecified atom stereocenters. The van der Waals surface area contributed by atoms with Crippen LogP contribution in [0, 0.1) is 6.92 Å². The summed E-state index contributed by atoms with van der Waals surface area (Å²) in [6.07, 6.45) is 0. The lowest BCUT2D eigenvalue weighted by Gasteiger charge is -2.06. The lowest BCUT2D eigenvalue weighted by molar-refractivity contribution is 0.0605. The number of rotatable bonds is 4. The second kappa shape index (κ2) is 6.44.